The van der Waals surface area contributed by atoms with Gasteiger partial charge in [0.05, 0.1) is 12.2 Å². The fourth-order valence-corrected chi connectivity index (χ4v) is 2.67. The van der Waals surface area contributed by atoms with Crippen LogP contribution in [-0.4, -0.2) is 12.7 Å². The van der Waals surface area contributed by atoms with E-state index in [1.807, 2.05) is 0 Å². The summed E-state index contributed by atoms with van der Waals surface area (Å²) in [5.41, 5.74) is 0. The van der Waals surface area contributed by atoms with Gasteiger partial charge in [-0.15, -0.1) is 0 Å². The Balaban J connectivity index is 1.74. The summed E-state index contributed by atoms with van der Waals surface area (Å²) in [6.45, 7) is 0.993. The van der Waals surface area contributed by atoms with Crippen molar-refractivity contribution < 1.29 is 4.74 Å². The molecule has 2 heteroatoms. The van der Waals surface area contributed by atoms with E-state index >= 15 is 0 Å². The molecule has 0 saturated carbocycles. The number of ether oxygens (including phenoxy) is 1. The lowest BCUT2D eigenvalue weighted by atomic mass is 10.0. The molecule has 0 aromatic carbocycles. The minimum absolute atomic E-state index is 0.574. The standard InChI is InChI=1S/C16H29NO/c17-14-10-7-5-3-1-2-4-6-8-12-16-13-9-11-15-18-16/h16H,1-13,15H2. The van der Waals surface area contributed by atoms with Crippen LogP contribution in [0.4, 0.5) is 0 Å². The fourth-order valence-electron chi connectivity index (χ4n) is 2.67. The molecule has 1 saturated heterocycles. The Labute approximate surface area is 113 Å². The highest BCUT2D eigenvalue weighted by Crippen LogP contribution is 2.19. The molecule has 0 radical (unpaired) electrons. The van der Waals surface area contributed by atoms with Crippen LogP contribution in [0.3, 0.4) is 0 Å². The first-order valence-corrected chi connectivity index (χ1v) is 7.92. The lowest BCUT2D eigenvalue weighted by molar-refractivity contribution is 0.00977. The molecular weight excluding hydrogens is 222 g/mol. The number of nitriles is 1. The molecule has 0 bridgehead atoms. The van der Waals surface area contributed by atoms with E-state index in [0.29, 0.717) is 6.10 Å². The third-order valence-electron chi connectivity index (χ3n) is 3.84. The number of nitrogens with zero attached hydrogens (tertiary/aromatic N) is 1. The van der Waals surface area contributed by atoms with Crippen molar-refractivity contribution in [3.63, 3.8) is 0 Å². The Hall–Kier alpha value is -0.550. The van der Waals surface area contributed by atoms with Crippen molar-refractivity contribution in [2.45, 2.75) is 89.6 Å². The summed E-state index contributed by atoms with van der Waals surface area (Å²) in [5.74, 6) is 0. The topological polar surface area (TPSA) is 33.0 Å². The summed E-state index contributed by atoms with van der Waals surface area (Å²) in [5, 5.41) is 8.41. The van der Waals surface area contributed by atoms with Gasteiger partial charge in [-0.25, -0.2) is 0 Å². The summed E-state index contributed by atoms with van der Waals surface area (Å²) < 4.78 is 5.73. The van der Waals surface area contributed by atoms with Crippen molar-refractivity contribution in [1.82, 2.24) is 0 Å². The minimum Gasteiger partial charge on any atom is -0.378 e. The van der Waals surface area contributed by atoms with Crippen molar-refractivity contribution in [2.75, 3.05) is 6.61 Å². The largest absolute Gasteiger partial charge is 0.378 e. The van der Waals surface area contributed by atoms with E-state index in [0.717, 1.165) is 19.4 Å². The molecule has 0 aliphatic carbocycles. The summed E-state index contributed by atoms with van der Waals surface area (Å²) in [6.07, 6.45) is 17.0. The molecule has 0 amide bonds. The molecule has 1 unspecified atom stereocenters. The molecule has 18 heavy (non-hydrogen) atoms. The van der Waals surface area contributed by atoms with Gasteiger partial charge in [-0.2, -0.15) is 5.26 Å². The molecule has 1 atom stereocenters. The van der Waals surface area contributed by atoms with Crippen LogP contribution in [0.2, 0.25) is 0 Å². The summed E-state index contributed by atoms with van der Waals surface area (Å²) >= 11 is 0. The third-order valence-corrected chi connectivity index (χ3v) is 3.84. The normalized spacial score (nSPS) is 19.6. The highest BCUT2D eigenvalue weighted by molar-refractivity contribution is 4.67. The maximum Gasteiger partial charge on any atom is 0.0621 e. The number of rotatable bonds is 10. The molecule has 2 nitrogen and oxygen atoms in total. The quantitative estimate of drug-likeness (QED) is 0.513. The SMILES string of the molecule is N#CCCCCCCCCCCC1CCCCO1. The maximum atomic E-state index is 8.41. The van der Waals surface area contributed by atoms with Gasteiger partial charge in [-0.1, -0.05) is 44.9 Å². The average Bonchev–Trinajstić information content (AvgIpc) is 2.42. The van der Waals surface area contributed by atoms with Crippen LogP contribution >= 0.6 is 0 Å². The van der Waals surface area contributed by atoms with Gasteiger partial charge >= 0.3 is 0 Å². The average molecular weight is 251 g/mol. The van der Waals surface area contributed by atoms with Crippen LogP contribution in [0, 0.1) is 11.3 Å². The Morgan fingerprint density at radius 3 is 2.17 bits per heavy atom. The first-order chi connectivity index (χ1) is 8.93. The van der Waals surface area contributed by atoms with Crippen LogP contribution in [0.25, 0.3) is 0 Å². The molecule has 1 aliphatic heterocycles. The molecule has 1 rings (SSSR count). The van der Waals surface area contributed by atoms with Crippen molar-refractivity contribution in [3.05, 3.63) is 0 Å². The lowest BCUT2D eigenvalue weighted by Gasteiger charge is -2.22. The molecule has 0 spiro atoms. The third kappa shape index (κ3) is 8.53. The van der Waals surface area contributed by atoms with Crippen LogP contribution in [0.15, 0.2) is 0 Å². The number of unbranched alkanes of at least 4 members (excludes halogenated alkanes) is 8. The van der Waals surface area contributed by atoms with E-state index in [-0.39, 0.29) is 0 Å². The molecule has 0 aromatic heterocycles. The van der Waals surface area contributed by atoms with E-state index in [1.54, 1.807) is 0 Å². The molecule has 1 fully saturated rings. The van der Waals surface area contributed by atoms with Gasteiger partial charge < -0.3 is 4.74 Å². The zero-order chi connectivity index (χ0) is 12.9. The zero-order valence-electron chi connectivity index (χ0n) is 11.8. The molecule has 0 N–H and O–H groups in total. The van der Waals surface area contributed by atoms with Gasteiger partial charge in [-0.3, -0.25) is 0 Å². The van der Waals surface area contributed by atoms with Crippen molar-refractivity contribution in [3.8, 4) is 6.07 Å². The Kier molecular flexibility index (Phi) is 9.94. The van der Waals surface area contributed by atoms with Gasteiger partial charge in [0, 0.05) is 13.0 Å². The van der Waals surface area contributed by atoms with E-state index in [4.69, 9.17) is 10.00 Å². The van der Waals surface area contributed by atoms with Crippen LogP contribution < -0.4 is 0 Å². The van der Waals surface area contributed by atoms with Gasteiger partial charge in [0.25, 0.3) is 0 Å². The van der Waals surface area contributed by atoms with Crippen molar-refractivity contribution >= 4 is 0 Å². The van der Waals surface area contributed by atoms with E-state index < -0.39 is 0 Å². The van der Waals surface area contributed by atoms with E-state index in [9.17, 15) is 0 Å². The molecular formula is C16H29NO. The van der Waals surface area contributed by atoms with Crippen molar-refractivity contribution in [2.24, 2.45) is 0 Å². The molecule has 1 heterocycles. The molecule has 104 valence electrons. The van der Waals surface area contributed by atoms with Gasteiger partial charge in [0.1, 0.15) is 0 Å². The monoisotopic (exact) mass is 251 g/mol. The number of hydrogen-bond donors (Lipinski definition) is 0. The van der Waals surface area contributed by atoms with E-state index in [2.05, 4.69) is 6.07 Å². The van der Waals surface area contributed by atoms with Gasteiger partial charge in [-0.05, 0) is 32.1 Å². The first kappa shape index (κ1) is 15.5. The maximum absolute atomic E-state index is 8.41. The lowest BCUT2D eigenvalue weighted by Crippen LogP contribution is -2.18. The summed E-state index contributed by atoms with van der Waals surface area (Å²) in [6, 6.07) is 2.21. The Bertz CT molecular complexity index is 216. The van der Waals surface area contributed by atoms with Crippen LogP contribution in [-0.2, 0) is 4.74 Å². The van der Waals surface area contributed by atoms with Gasteiger partial charge in [0.2, 0.25) is 0 Å². The predicted molar refractivity (Wildman–Crippen MR) is 75.4 cm³/mol. The Morgan fingerprint density at radius 2 is 1.56 bits per heavy atom. The van der Waals surface area contributed by atoms with Gasteiger partial charge in [0.15, 0.2) is 0 Å². The Morgan fingerprint density at radius 1 is 0.889 bits per heavy atom. The zero-order valence-corrected chi connectivity index (χ0v) is 11.8. The van der Waals surface area contributed by atoms with E-state index in [1.165, 1.54) is 70.6 Å². The minimum atomic E-state index is 0.574. The summed E-state index contributed by atoms with van der Waals surface area (Å²) in [4.78, 5) is 0. The smallest absolute Gasteiger partial charge is 0.0621 e. The van der Waals surface area contributed by atoms with Crippen LogP contribution in [0.5, 0.6) is 0 Å². The highest BCUT2D eigenvalue weighted by atomic mass is 16.5. The number of hydrogen-bond acceptors (Lipinski definition) is 2. The van der Waals surface area contributed by atoms with Crippen LogP contribution in [0.1, 0.15) is 83.5 Å². The highest BCUT2D eigenvalue weighted by Gasteiger charge is 2.12. The summed E-state index contributed by atoms with van der Waals surface area (Å²) in [7, 11) is 0. The fraction of sp³-hybridized carbons (Fsp3) is 0.938. The second kappa shape index (κ2) is 11.5. The molecule has 0 aromatic rings. The predicted octanol–water partition coefficient (Wildman–Crippen LogP) is 4.98. The van der Waals surface area contributed by atoms with Crippen molar-refractivity contribution in [1.29, 1.82) is 5.26 Å². The second-order valence-corrected chi connectivity index (χ2v) is 5.51. The first-order valence-electron chi connectivity index (χ1n) is 7.92. The molecule has 1 aliphatic rings. The second-order valence-electron chi connectivity index (χ2n) is 5.51.